The van der Waals surface area contributed by atoms with Crippen molar-refractivity contribution in [2.24, 2.45) is 0 Å². The lowest BCUT2D eigenvalue weighted by Gasteiger charge is -2.39. The van der Waals surface area contributed by atoms with Gasteiger partial charge in [-0.2, -0.15) is 0 Å². The highest BCUT2D eigenvalue weighted by molar-refractivity contribution is 5.95. The number of ether oxygens (including phenoxy) is 3. The van der Waals surface area contributed by atoms with Crippen molar-refractivity contribution in [3.8, 4) is 17.2 Å². The third kappa shape index (κ3) is 4.90. The Morgan fingerprint density at radius 3 is 2.42 bits per heavy atom. The summed E-state index contributed by atoms with van der Waals surface area (Å²) in [6.07, 6.45) is -6.28. The molecule has 0 aliphatic carbocycles. The minimum absolute atomic E-state index is 0.0250. The Balaban J connectivity index is 1.48. The average Bonchev–Trinajstić information content (AvgIpc) is 2.78. The molecule has 178 valence electrons. The lowest BCUT2D eigenvalue weighted by Crippen LogP contribution is -2.60. The van der Waals surface area contributed by atoms with E-state index < -0.39 is 49.4 Å². The molecule has 2 heterocycles. The number of rotatable bonds is 6. The molecule has 10 nitrogen and oxygen atoms in total. The number of phenols is 2. The van der Waals surface area contributed by atoms with Gasteiger partial charge in [-0.05, 0) is 42.2 Å². The van der Waals surface area contributed by atoms with Gasteiger partial charge in [0.25, 0.3) is 0 Å². The average molecular weight is 462 g/mol. The molecule has 2 aromatic rings. The molecule has 10 heteroatoms. The lowest BCUT2D eigenvalue weighted by atomic mass is 9.94. The Bertz CT molecular complexity index is 989. The van der Waals surface area contributed by atoms with Crippen LogP contribution in [0.4, 0.5) is 0 Å². The van der Waals surface area contributed by atoms with Crippen molar-refractivity contribution in [1.82, 2.24) is 0 Å². The molecule has 0 bridgehead atoms. The predicted molar refractivity (Wildman–Crippen MR) is 112 cm³/mol. The molecule has 0 aromatic heterocycles. The molecular formula is C23H26O10. The van der Waals surface area contributed by atoms with Crippen LogP contribution in [0, 0.1) is 0 Å². The molecule has 6 atom stereocenters. The second-order valence-corrected chi connectivity index (χ2v) is 8.23. The number of carbonyl (C=O) groups excluding carboxylic acids is 1. The lowest BCUT2D eigenvalue weighted by molar-refractivity contribution is -0.277. The Kier molecular flexibility index (Phi) is 6.73. The minimum atomic E-state index is -1.61. The molecule has 0 saturated carbocycles. The summed E-state index contributed by atoms with van der Waals surface area (Å²) in [7, 11) is 0. The van der Waals surface area contributed by atoms with Crippen molar-refractivity contribution in [2.45, 2.75) is 56.1 Å². The Morgan fingerprint density at radius 2 is 1.73 bits per heavy atom. The van der Waals surface area contributed by atoms with Crippen molar-refractivity contribution in [3.63, 3.8) is 0 Å². The normalized spacial score (nSPS) is 29.3. The monoisotopic (exact) mass is 462 g/mol. The summed E-state index contributed by atoms with van der Waals surface area (Å²) in [6, 6.07) is 9.41. The molecule has 2 aliphatic rings. The SMILES string of the molecule is O=C1O[C@@H](CCc2ccc(O)cc2)Cc2cc(O[C@H]3O[C@@H](CO)[C@H](O)[C@@H](O)[C@@H]3O)cc(O)c21. The molecular weight excluding hydrogens is 436 g/mol. The smallest absolute Gasteiger partial charge is 0.342 e. The number of hydrogen-bond donors (Lipinski definition) is 6. The van der Waals surface area contributed by atoms with Crippen molar-refractivity contribution >= 4 is 5.97 Å². The van der Waals surface area contributed by atoms with E-state index in [1.165, 1.54) is 6.07 Å². The van der Waals surface area contributed by atoms with E-state index in [2.05, 4.69) is 0 Å². The minimum Gasteiger partial charge on any atom is -0.508 e. The van der Waals surface area contributed by atoms with Gasteiger partial charge in [0, 0.05) is 12.5 Å². The van der Waals surface area contributed by atoms with Gasteiger partial charge in [-0.15, -0.1) is 0 Å². The van der Waals surface area contributed by atoms with E-state index in [0.717, 1.165) is 11.6 Å². The molecule has 4 rings (SSSR count). The summed E-state index contributed by atoms with van der Waals surface area (Å²) in [6.45, 7) is -0.602. The van der Waals surface area contributed by atoms with Crippen molar-refractivity contribution in [3.05, 3.63) is 53.1 Å². The van der Waals surface area contributed by atoms with Crippen molar-refractivity contribution in [1.29, 1.82) is 0 Å². The zero-order valence-electron chi connectivity index (χ0n) is 17.6. The fraction of sp³-hybridized carbons (Fsp3) is 0.435. The maximum absolute atomic E-state index is 12.5. The van der Waals surface area contributed by atoms with Crippen LogP contribution < -0.4 is 4.74 Å². The van der Waals surface area contributed by atoms with Gasteiger partial charge in [0.05, 0.1) is 6.61 Å². The fourth-order valence-electron chi connectivity index (χ4n) is 4.07. The standard InChI is InChI=1S/C23H26O10/c24-10-17-19(27)20(28)21(29)23(33-17)32-15-8-12-7-14(31-22(30)18(12)16(26)9-15)6-3-11-1-4-13(25)5-2-11/h1-2,4-5,8-9,14,17,19-21,23-29H,3,6-7,10H2/t14-,17-,19-,20+,21-,23-/m0/s1. The third-order valence-electron chi connectivity index (χ3n) is 5.89. The van der Waals surface area contributed by atoms with E-state index >= 15 is 0 Å². The number of aliphatic hydroxyl groups is 4. The van der Waals surface area contributed by atoms with Gasteiger partial charge in [0.1, 0.15) is 53.3 Å². The topological polar surface area (TPSA) is 166 Å². The van der Waals surface area contributed by atoms with Gasteiger partial charge in [0.2, 0.25) is 6.29 Å². The van der Waals surface area contributed by atoms with E-state index in [1.807, 2.05) is 0 Å². The number of esters is 1. The Morgan fingerprint density at radius 1 is 1.00 bits per heavy atom. The number of aromatic hydroxyl groups is 2. The first-order valence-electron chi connectivity index (χ1n) is 10.6. The van der Waals surface area contributed by atoms with Crippen LogP contribution in [-0.4, -0.2) is 80.0 Å². The molecule has 33 heavy (non-hydrogen) atoms. The van der Waals surface area contributed by atoms with Crippen LogP contribution in [0.2, 0.25) is 0 Å². The summed E-state index contributed by atoms with van der Waals surface area (Å²) in [5.41, 5.74) is 1.48. The van der Waals surface area contributed by atoms with Crippen LogP contribution in [0.25, 0.3) is 0 Å². The maximum Gasteiger partial charge on any atom is 0.342 e. The van der Waals surface area contributed by atoms with Gasteiger partial charge >= 0.3 is 5.97 Å². The zero-order valence-corrected chi connectivity index (χ0v) is 17.6. The summed E-state index contributed by atoms with van der Waals surface area (Å²) < 4.78 is 16.4. The molecule has 0 unspecified atom stereocenters. The van der Waals surface area contributed by atoms with Gasteiger partial charge in [-0.1, -0.05) is 12.1 Å². The van der Waals surface area contributed by atoms with Gasteiger partial charge in [0.15, 0.2) is 0 Å². The van der Waals surface area contributed by atoms with Crippen LogP contribution in [0.15, 0.2) is 36.4 Å². The summed E-state index contributed by atoms with van der Waals surface area (Å²) >= 11 is 0. The van der Waals surface area contributed by atoms with E-state index in [9.17, 15) is 35.4 Å². The van der Waals surface area contributed by atoms with Gasteiger partial charge in [-0.25, -0.2) is 4.79 Å². The van der Waals surface area contributed by atoms with E-state index in [1.54, 1.807) is 24.3 Å². The Hall–Kier alpha value is -2.89. The third-order valence-corrected chi connectivity index (χ3v) is 5.89. The molecule has 1 fully saturated rings. The first-order chi connectivity index (χ1) is 15.8. The molecule has 0 radical (unpaired) electrons. The highest BCUT2D eigenvalue weighted by atomic mass is 16.7. The van der Waals surface area contributed by atoms with Crippen LogP contribution in [0.3, 0.4) is 0 Å². The van der Waals surface area contributed by atoms with E-state index in [4.69, 9.17) is 14.2 Å². The number of benzene rings is 2. The first kappa shape index (κ1) is 23.3. The number of phenolic OH excluding ortho intramolecular Hbond substituents is 2. The van der Waals surface area contributed by atoms with Crippen molar-refractivity contribution in [2.75, 3.05) is 6.61 Å². The highest BCUT2D eigenvalue weighted by Gasteiger charge is 2.45. The molecule has 2 aliphatic heterocycles. The zero-order chi connectivity index (χ0) is 23.7. The van der Waals surface area contributed by atoms with Gasteiger partial charge < -0.3 is 44.8 Å². The van der Waals surface area contributed by atoms with Crippen LogP contribution in [0.5, 0.6) is 17.2 Å². The number of fused-ring (bicyclic) bond motifs is 1. The number of cyclic esters (lactones) is 1. The quantitative estimate of drug-likeness (QED) is 0.322. The Labute approximate surface area is 189 Å². The molecule has 2 aromatic carbocycles. The number of hydrogen-bond acceptors (Lipinski definition) is 10. The van der Waals surface area contributed by atoms with E-state index in [0.29, 0.717) is 24.8 Å². The fourth-order valence-corrected chi connectivity index (χ4v) is 4.07. The highest BCUT2D eigenvalue weighted by Crippen LogP contribution is 2.35. The van der Waals surface area contributed by atoms with Crippen molar-refractivity contribution < 1.29 is 49.6 Å². The maximum atomic E-state index is 12.5. The van der Waals surface area contributed by atoms with E-state index in [-0.39, 0.29) is 22.8 Å². The second kappa shape index (κ2) is 9.54. The van der Waals surface area contributed by atoms with Gasteiger partial charge in [-0.3, -0.25) is 0 Å². The van der Waals surface area contributed by atoms with Crippen LogP contribution in [0.1, 0.15) is 27.9 Å². The summed E-state index contributed by atoms with van der Waals surface area (Å²) in [5, 5.41) is 59.1. The molecule has 1 saturated heterocycles. The summed E-state index contributed by atoms with van der Waals surface area (Å²) in [5.74, 6) is -0.792. The van der Waals surface area contributed by atoms with Crippen LogP contribution in [-0.2, 0) is 22.3 Å². The molecule has 0 spiro atoms. The molecule has 0 amide bonds. The second-order valence-electron chi connectivity index (χ2n) is 8.23. The summed E-state index contributed by atoms with van der Waals surface area (Å²) in [4.78, 5) is 12.5. The number of aryl methyl sites for hydroxylation is 1. The number of carbonyl (C=O) groups is 1. The molecule has 6 N–H and O–H groups in total. The first-order valence-corrected chi connectivity index (χ1v) is 10.6. The largest absolute Gasteiger partial charge is 0.508 e. The van der Waals surface area contributed by atoms with Crippen LogP contribution >= 0.6 is 0 Å². The number of aliphatic hydroxyl groups excluding tert-OH is 4. The predicted octanol–water partition coefficient (Wildman–Crippen LogP) is -0.00920.